The van der Waals surface area contributed by atoms with Gasteiger partial charge in [-0.2, -0.15) is 0 Å². The highest BCUT2D eigenvalue weighted by Crippen LogP contribution is 2.29. The van der Waals surface area contributed by atoms with Crippen molar-refractivity contribution >= 4 is 22.6 Å². The number of halogens is 1. The Hall–Kier alpha value is -1.93. The number of fused-ring (bicyclic) bond motifs is 2. The van der Waals surface area contributed by atoms with Crippen LogP contribution in [0.4, 0.5) is 0 Å². The minimum Gasteiger partial charge on any atom is -0.289 e. The Morgan fingerprint density at radius 3 is 2.50 bits per heavy atom. The van der Waals surface area contributed by atoms with Crippen LogP contribution in [0.1, 0.15) is 37.4 Å². The minimum absolute atomic E-state index is 0.114. The van der Waals surface area contributed by atoms with Crippen molar-refractivity contribution in [3.05, 3.63) is 70.3 Å². The van der Waals surface area contributed by atoms with Crippen molar-refractivity contribution in [2.24, 2.45) is 0 Å². The molecular formula is C15H9ClO2. The second-order valence-electron chi connectivity index (χ2n) is 4.28. The second kappa shape index (κ2) is 4.07. The van der Waals surface area contributed by atoms with E-state index >= 15 is 0 Å². The summed E-state index contributed by atoms with van der Waals surface area (Å²) in [6, 6.07) is 12.7. The van der Waals surface area contributed by atoms with Crippen molar-refractivity contribution in [3.8, 4) is 0 Å². The molecule has 2 aromatic rings. The largest absolute Gasteiger partial charge is 0.289 e. The van der Waals surface area contributed by atoms with E-state index in [0.717, 1.165) is 11.1 Å². The van der Waals surface area contributed by atoms with Gasteiger partial charge in [0.1, 0.15) is 0 Å². The number of rotatable bonds is 1. The molecule has 1 aliphatic carbocycles. The highest BCUT2D eigenvalue weighted by atomic mass is 35.5. The van der Waals surface area contributed by atoms with E-state index in [1.165, 1.54) is 0 Å². The lowest BCUT2D eigenvalue weighted by molar-refractivity contribution is 0.101. The van der Waals surface area contributed by atoms with Crippen LogP contribution in [0.15, 0.2) is 42.5 Å². The van der Waals surface area contributed by atoms with Gasteiger partial charge in [-0.3, -0.25) is 9.59 Å². The van der Waals surface area contributed by atoms with E-state index < -0.39 is 5.24 Å². The van der Waals surface area contributed by atoms with Crippen LogP contribution >= 0.6 is 11.6 Å². The summed E-state index contributed by atoms with van der Waals surface area (Å²) in [4.78, 5) is 23.8. The number of hydrogen-bond donors (Lipinski definition) is 0. The molecule has 0 saturated heterocycles. The molecule has 0 atom stereocenters. The molecule has 3 heteroatoms. The number of carbonyl (C=O) groups excluding carboxylic acids is 2. The molecule has 0 bridgehead atoms. The molecule has 0 N–H and O–H groups in total. The number of hydrogen-bond acceptors (Lipinski definition) is 2. The highest BCUT2D eigenvalue weighted by Gasteiger charge is 2.26. The standard InChI is InChI=1S/C15H9ClO2/c16-15(18)12-7-3-5-10-8-9-4-1-2-6-11(9)14(17)13(10)12/h1-7H,8H2. The first-order valence-electron chi connectivity index (χ1n) is 5.63. The molecular weight excluding hydrogens is 248 g/mol. The molecule has 0 aliphatic heterocycles. The Bertz CT molecular complexity index is 674. The van der Waals surface area contributed by atoms with Crippen LogP contribution < -0.4 is 0 Å². The van der Waals surface area contributed by atoms with Crippen molar-refractivity contribution in [2.75, 3.05) is 0 Å². The molecule has 3 rings (SSSR count). The van der Waals surface area contributed by atoms with Crippen LogP contribution in [-0.2, 0) is 6.42 Å². The van der Waals surface area contributed by atoms with E-state index in [0.29, 0.717) is 23.1 Å². The maximum Gasteiger partial charge on any atom is 0.253 e. The maximum atomic E-state index is 12.4. The molecule has 0 heterocycles. The molecule has 88 valence electrons. The second-order valence-corrected chi connectivity index (χ2v) is 4.62. The minimum atomic E-state index is -0.584. The SMILES string of the molecule is O=C(Cl)c1cccc2c1C(=O)c1ccccc1C2. The zero-order valence-corrected chi connectivity index (χ0v) is 10.2. The topological polar surface area (TPSA) is 34.1 Å². The maximum absolute atomic E-state index is 12.4. The molecule has 0 saturated carbocycles. The van der Waals surface area contributed by atoms with Gasteiger partial charge >= 0.3 is 0 Å². The quantitative estimate of drug-likeness (QED) is 0.627. The third-order valence-corrected chi connectivity index (χ3v) is 3.44. The van der Waals surface area contributed by atoms with E-state index in [-0.39, 0.29) is 5.78 Å². The molecule has 0 aromatic heterocycles. The van der Waals surface area contributed by atoms with Gasteiger partial charge in [-0.1, -0.05) is 36.4 Å². The van der Waals surface area contributed by atoms with Gasteiger partial charge in [0.05, 0.1) is 0 Å². The van der Waals surface area contributed by atoms with E-state index in [1.807, 2.05) is 24.3 Å². The van der Waals surface area contributed by atoms with E-state index in [9.17, 15) is 9.59 Å². The van der Waals surface area contributed by atoms with Crippen LogP contribution in [0, 0.1) is 0 Å². The van der Waals surface area contributed by atoms with Crippen molar-refractivity contribution in [3.63, 3.8) is 0 Å². The third-order valence-electron chi connectivity index (χ3n) is 3.23. The summed E-state index contributed by atoms with van der Waals surface area (Å²) in [6.45, 7) is 0. The van der Waals surface area contributed by atoms with Gasteiger partial charge in [-0.25, -0.2) is 0 Å². The van der Waals surface area contributed by atoms with Gasteiger partial charge in [0.25, 0.3) is 5.24 Å². The van der Waals surface area contributed by atoms with Crippen LogP contribution in [-0.4, -0.2) is 11.0 Å². The lowest BCUT2D eigenvalue weighted by atomic mass is 9.83. The van der Waals surface area contributed by atoms with E-state index in [2.05, 4.69) is 0 Å². The summed E-state index contributed by atoms with van der Waals surface area (Å²) in [5.41, 5.74) is 3.28. The zero-order chi connectivity index (χ0) is 12.7. The Kier molecular flexibility index (Phi) is 2.53. The summed E-state index contributed by atoms with van der Waals surface area (Å²) < 4.78 is 0. The van der Waals surface area contributed by atoms with Crippen LogP contribution in [0.5, 0.6) is 0 Å². The summed E-state index contributed by atoms with van der Waals surface area (Å²) >= 11 is 5.54. The van der Waals surface area contributed by atoms with Gasteiger partial charge in [0.2, 0.25) is 0 Å². The lowest BCUT2D eigenvalue weighted by Gasteiger charge is -2.19. The Morgan fingerprint density at radius 2 is 1.72 bits per heavy atom. The van der Waals surface area contributed by atoms with Crippen molar-refractivity contribution in [2.45, 2.75) is 6.42 Å². The molecule has 0 amide bonds. The molecule has 2 aromatic carbocycles. The zero-order valence-electron chi connectivity index (χ0n) is 9.44. The van der Waals surface area contributed by atoms with Gasteiger partial charge in [0.15, 0.2) is 5.78 Å². The molecule has 0 spiro atoms. The summed E-state index contributed by atoms with van der Waals surface area (Å²) in [5.74, 6) is -0.114. The van der Waals surface area contributed by atoms with Crippen molar-refractivity contribution in [1.82, 2.24) is 0 Å². The van der Waals surface area contributed by atoms with Crippen LogP contribution in [0.3, 0.4) is 0 Å². The Labute approximate surface area is 109 Å². The Balaban J connectivity index is 2.26. The van der Waals surface area contributed by atoms with Crippen LogP contribution in [0.2, 0.25) is 0 Å². The average molecular weight is 257 g/mol. The van der Waals surface area contributed by atoms with Crippen molar-refractivity contribution in [1.29, 1.82) is 0 Å². The first-order chi connectivity index (χ1) is 8.68. The average Bonchev–Trinajstić information content (AvgIpc) is 2.38. The smallest absolute Gasteiger partial charge is 0.253 e. The fraction of sp³-hybridized carbons (Fsp3) is 0.0667. The fourth-order valence-electron chi connectivity index (χ4n) is 2.42. The number of ketones is 1. The number of benzene rings is 2. The Morgan fingerprint density at radius 1 is 1.00 bits per heavy atom. The van der Waals surface area contributed by atoms with E-state index in [4.69, 9.17) is 11.6 Å². The fourth-order valence-corrected chi connectivity index (χ4v) is 2.57. The third kappa shape index (κ3) is 1.57. The number of carbonyl (C=O) groups is 2. The van der Waals surface area contributed by atoms with Gasteiger partial charge in [0, 0.05) is 16.7 Å². The molecule has 0 fully saturated rings. The normalized spacial score (nSPS) is 12.8. The predicted molar refractivity (Wildman–Crippen MR) is 69.3 cm³/mol. The highest BCUT2D eigenvalue weighted by molar-refractivity contribution is 6.68. The monoisotopic (exact) mass is 256 g/mol. The van der Waals surface area contributed by atoms with Crippen molar-refractivity contribution < 1.29 is 9.59 Å². The predicted octanol–water partition coefficient (Wildman–Crippen LogP) is 3.20. The lowest BCUT2D eigenvalue weighted by Crippen LogP contribution is -2.18. The van der Waals surface area contributed by atoms with Gasteiger partial charge in [-0.05, 0) is 35.2 Å². The van der Waals surface area contributed by atoms with E-state index in [1.54, 1.807) is 18.2 Å². The summed E-state index contributed by atoms with van der Waals surface area (Å²) in [5, 5.41) is -0.584. The summed E-state index contributed by atoms with van der Waals surface area (Å²) in [7, 11) is 0. The molecule has 2 nitrogen and oxygen atoms in total. The van der Waals surface area contributed by atoms with Gasteiger partial charge in [-0.15, -0.1) is 0 Å². The molecule has 0 unspecified atom stereocenters. The van der Waals surface area contributed by atoms with Crippen LogP contribution in [0.25, 0.3) is 0 Å². The molecule has 18 heavy (non-hydrogen) atoms. The first-order valence-corrected chi connectivity index (χ1v) is 6.00. The summed E-state index contributed by atoms with van der Waals surface area (Å²) in [6.07, 6.45) is 0.662. The first kappa shape index (κ1) is 11.2. The molecule has 0 radical (unpaired) electrons. The van der Waals surface area contributed by atoms with Gasteiger partial charge < -0.3 is 0 Å². The molecule has 1 aliphatic rings.